The van der Waals surface area contributed by atoms with E-state index in [0.717, 1.165) is 6.20 Å². The normalized spacial score (nSPS) is 14.5. The number of rotatable bonds is 8. The number of halogens is 1. The molecule has 0 saturated heterocycles. The lowest BCUT2D eigenvalue weighted by molar-refractivity contribution is -0.110. The zero-order chi connectivity index (χ0) is 21.1. The van der Waals surface area contributed by atoms with Crippen LogP contribution in [0.15, 0.2) is 52.8 Å². The van der Waals surface area contributed by atoms with Crippen molar-refractivity contribution < 1.29 is 22.4 Å². The predicted octanol–water partition coefficient (Wildman–Crippen LogP) is 2.50. The van der Waals surface area contributed by atoms with Gasteiger partial charge in [0.1, 0.15) is 0 Å². The van der Waals surface area contributed by atoms with Crippen LogP contribution >= 0.6 is 11.3 Å². The Morgan fingerprint density at radius 2 is 2.07 bits per heavy atom. The SMILES string of the molecule is O=C(Nc1ncc(F)s1)C(=NOCc1ccn[nH]1)c1ccc(S(=O)(=O)C2CC2)cc1. The second-order valence-corrected chi connectivity index (χ2v) is 9.70. The molecule has 1 amide bonds. The van der Waals surface area contributed by atoms with Crippen molar-refractivity contribution in [1.29, 1.82) is 0 Å². The number of H-pyrrole nitrogens is 1. The molecule has 2 N–H and O–H groups in total. The number of anilines is 1. The molecular formula is C18H16FN5O4S2. The Hall–Kier alpha value is -3.12. The number of carbonyl (C=O) groups excluding carboxylic acids is 1. The molecule has 156 valence electrons. The summed E-state index contributed by atoms with van der Waals surface area (Å²) in [7, 11) is -3.35. The first-order chi connectivity index (χ1) is 14.4. The molecule has 1 aromatic carbocycles. The van der Waals surface area contributed by atoms with E-state index in [0.29, 0.717) is 35.4 Å². The molecule has 0 bridgehead atoms. The van der Waals surface area contributed by atoms with Crippen molar-refractivity contribution in [1.82, 2.24) is 15.2 Å². The van der Waals surface area contributed by atoms with Gasteiger partial charge in [0.05, 0.1) is 22.0 Å². The van der Waals surface area contributed by atoms with Crippen LogP contribution in [0.5, 0.6) is 0 Å². The average molecular weight is 449 g/mol. The van der Waals surface area contributed by atoms with E-state index < -0.39 is 20.9 Å². The Morgan fingerprint density at radius 3 is 2.67 bits per heavy atom. The summed E-state index contributed by atoms with van der Waals surface area (Å²) in [5.41, 5.74) is 0.871. The maximum atomic E-state index is 13.2. The van der Waals surface area contributed by atoms with Crippen LogP contribution in [0, 0.1) is 5.13 Å². The first kappa shape index (κ1) is 20.2. The third kappa shape index (κ3) is 4.54. The van der Waals surface area contributed by atoms with E-state index in [2.05, 4.69) is 25.7 Å². The molecule has 30 heavy (non-hydrogen) atoms. The standard InChI is InChI=1S/C18H16FN5O4S2/c19-15-9-20-18(29-15)22-17(25)16(24-28-10-12-7-8-21-23-12)11-1-3-13(4-2-11)30(26,27)14-5-6-14/h1-4,7-9,14H,5-6,10H2,(H,21,23)(H,20,22,25). The van der Waals surface area contributed by atoms with Crippen molar-refractivity contribution >= 4 is 37.9 Å². The lowest BCUT2D eigenvalue weighted by Crippen LogP contribution is -2.24. The molecule has 9 nitrogen and oxygen atoms in total. The quantitative estimate of drug-likeness (QED) is 0.402. The number of carbonyl (C=O) groups is 1. The van der Waals surface area contributed by atoms with Gasteiger partial charge in [-0.15, -0.1) is 0 Å². The van der Waals surface area contributed by atoms with Gasteiger partial charge in [-0.05, 0) is 31.0 Å². The zero-order valence-electron chi connectivity index (χ0n) is 15.4. The number of hydrogen-bond donors (Lipinski definition) is 2. The third-order valence-electron chi connectivity index (χ3n) is 4.27. The van der Waals surface area contributed by atoms with Crippen LogP contribution in [-0.4, -0.2) is 40.5 Å². The topological polar surface area (TPSA) is 126 Å². The third-order valence-corrected chi connectivity index (χ3v) is 7.25. The van der Waals surface area contributed by atoms with E-state index in [-0.39, 0.29) is 27.6 Å². The van der Waals surface area contributed by atoms with Gasteiger partial charge in [-0.2, -0.15) is 9.49 Å². The average Bonchev–Trinajstić information content (AvgIpc) is 3.34. The lowest BCUT2D eigenvalue weighted by atomic mass is 10.1. The van der Waals surface area contributed by atoms with E-state index in [4.69, 9.17) is 4.84 Å². The smallest absolute Gasteiger partial charge is 0.280 e. The molecule has 0 unspecified atom stereocenters. The van der Waals surface area contributed by atoms with Crippen LogP contribution in [0.4, 0.5) is 9.52 Å². The maximum Gasteiger partial charge on any atom is 0.280 e. The Balaban J connectivity index is 1.57. The number of oxime groups is 1. The predicted molar refractivity (Wildman–Crippen MR) is 107 cm³/mol. The van der Waals surface area contributed by atoms with Gasteiger partial charge in [-0.25, -0.2) is 13.4 Å². The summed E-state index contributed by atoms with van der Waals surface area (Å²) in [5, 5.41) is 12.0. The van der Waals surface area contributed by atoms with Gasteiger partial charge in [0.25, 0.3) is 5.91 Å². The first-order valence-electron chi connectivity index (χ1n) is 8.89. The van der Waals surface area contributed by atoms with Gasteiger partial charge < -0.3 is 4.84 Å². The minimum atomic E-state index is -3.35. The monoisotopic (exact) mass is 449 g/mol. The van der Waals surface area contributed by atoms with Crippen molar-refractivity contribution in [2.75, 3.05) is 5.32 Å². The highest BCUT2D eigenvalue weighted by molar-refractivity contribution is 7.92. The molecule has 0 aliphatic heterocycles. The molecule has 0 radical (unpaired) electrons. The second-order valence-electron chi connectivity index (χ2n) is 6.49. The van der Waals surface area contributed by atoms with Crippen LogP contribution in [0.3, 0.4) is 0 Å². The minimum absolute atomic E-state index is 0.0385. The fourth-order valence-electron chi connectivity index (χ4n) is 2.60. The van der Waals surface area contributed by atoms with Gasteiger partial charge >= 0.3 is 0 Å². The summed E-state index contributed by atoms with van der Waals surface area (Å²) < 4.78 is 37.9. The van der Waals surface area contributed by atoms with Gasteiger partial charge in [-0.3, -0.25) is 15.2 Å². The molecule has 0 spiro atoms. The number of benzene rings is 1. The number of amides is 1. The number of nitrogens with one attached hydrogen (secondary N) is 2. The fourth-order valence-corrected chi connectivity index (χ4v) is 4.79. The van der Waals surface area contributed by atoms with E-state index in [1.54, 1.807) is 12.3 Å². The number of aromatic nitrogens is 3. The highest BCUT2D eigenvalue weighted by Crippen LogP contribution is 2.33. The van der Waals surface area contributed by atoms with Gasteiger partial charge in [0.15, 0.2) is 32.4 Å². The van der Waals surface area contributed by atoms with Crippen molar-refractivity contribution in [2.24, 2.45) is 5.16 Å². The molecule has 0 atom stereocenters. The van der Waals surface area contributed by atoms with Crippen LogP contribution in [0.2, 0.25) is 0 Å². The Bertz CT molecular complexity index is 1170. The Labute approximate surface area is 174 Å². The summed E-state index contributed by atoms with van der Waals surface area (Å²) in [4.78, 5) is 21.9. The van der Waals surface area contributed by atoms with E-state index in [1.165, 1.54) is 24.3 Å². The van der Waals surface area contributed by atoms with Crippen LogP contribution in [0.25, 0.3) is 0 Å². The number of thiazole rings is 1. The lowest BCUT2D eigenvalue weighted by Gasteiger charge is -2.08. The van der Waals surface area contributed by atoms with Gasteiger partial charge in [0.2, 0.25) is 0 Å². The summed E-state index contributed by atoms with van der Waals surface area (Å²) in [6.07, 6.45) is 3.85. The largest absolute Gasteiger partial charge is 0.389 e. The summed E-state index contributed by atoms with van der Waals surface area (Å²) >= 11 is 0.668. The summed E-state index contributed by atoms with van der Waals surface area (Å²) in [6.45, 7) is 0.0385. The number of hydrogen-bond acceptors (Lipinski definition) is 8. The van der Waals surface area contributed by atoms with E-state index in [9.17, 15) is 17.6 Å². The summed E-state index contributed by atoms with van der Waals surface area (Å²) in [6, 6.07) is 7.52. The van der Waals surface area contributed by atoms with Crippen LogP contribution in [0.1, 0.15) is 24.1 Å². The number of nitrogens with zero attached hydrogens (tertiary/aromatic N) is 3. The first-order valence-corrected chi connectivity index (χ1v) is 11.2. The molecule has 2 aromatic heterocycles. The van der Waals surface area contributed by atoms with Gasteiger partial charge in [0, 0.05) is 11.8 Å². The van der Waals surface area contributed by atoms with Crippen molar-refractivity contribution in [3.05, 3.63) is 59.1 Å². The van der Waals surface area contributed by atoms with Crippen LogP contribution < -0.4 is 5.32 Å². The van der Waals surface area contributed by atoms with Crippen LogP contribution in [-0.2, 0) is 26.1 Å². The Morgan fingerprint density at radius 1 is 1.30 bits per heavy atom. The number of aromatic amines is 1. The second kappa shape index (κ2) is 8.32. The molecule has 1 aliphatic rings. The number of sulfone groups is 1. The zero-order valence-corrected chi connectivity index (χ0v) is 17.0. The molecule has 1 saturated carbocycles. The summed E-state index contributed by atoms with van der Waals surface area (Å²) in [5.74, 6) is -0.674. The molecular weight excluding hydrogens is 433 g/mol. The maximum absolute atomic E-state index is 13.2. The molecule has 1 fully saturated rings. The molecule has 2 heterocycles. The highest BCUT2D eigenvalue weighted by atomic mass is 32.2. The van der Waals surface area contributed by atoms with Crippen molar-refractivity contribution in [3.8, 4) is 0 Å². The molecule has 3 aromatic rings. The molecule has 12 heteroatoms. The highest BCUT2D eigenvalue weighted by Gasteiger charge is 2.36. The van der Waals surface area contributed by atoms with Crippen molar-refractivity contribution in [3.63, 3.8) is 0 Å². The molecule has 4 rings (SSSR count). The van der Waals surface area contributed by atoms with E-state index >= 15 is 0 Å². The minimum Gasteiger partial charge on any atom is -0.389 e. The van der Waals surface area contributed by atoms with E-state index in [1.807, 2.05) is 0 Å². The fraction of sp³-hybridized carbons (Fsp3) is 0.222. The molecule has 1 aliphatic carbocycles. The van der Waals surface area contributed by atoms with Gasteiger partial charge in [-0.1, -0.05) is 28.6 Å². The Kier molecular flexibility index (Phi) is 5.59. The van der Waals surface area contributed by atoms with Crippen molar-refractivity contribution in [2.45, 2.75) is 29.6 Å².